The van der Waals surface area contributed by atoms with E-state index < -0.39 is 46.2 Å². The highest BCUT2D eigenvalue weighted by molar-refractivity contribution is 6.27. The maximum absolute atomic E-state index is 13.6. The molecule has 0 aliphatic rings. The van der Waals surface area contributed by atoms with Crippen molar-refractivity contribution in [1.29, 1.82) is 0 Å². The van der Waals surface area contributed by atoms with Gasteiger partial charge in [-0.15, -0.1) is 11.6 Å². The fourth-order valence-corrected chi connectivity index (χ4v) is 4.24. The predicted octanol–water partition coefficient (Wildman–Crippen LogP) is 2.17. The number of non-ortho nitro benzene ring substituents is 1. The molecular formula is C31H41ClN6O7. The smallest absolute Gasteiger partial charge is 0.269 e. The molecule has 244 valence electrons. The average molecular weight is 645 g/mol. The van der Waals surface area contributed by atoms with Gasteiger partial charge in [0, 0.05) is 50.0 Å². The molecule has 0 aliphatic carbocycles. The summed E-state index contributed by atoms with van der Waals surface area (Å²) in [6, 6.07) is 10.8. The molecule has 45 heavy (non-hydrogen) atoms. The van der Waals surface area contributed by atoms with Crippen molar-refractivity contribution in [2.45, 2.75) is 77.5 Å². The predicted molar refractivity (Wildman–Crippen MR) is 169 cm³/mol. The summed E-state index contributed by atoms with van der Waals surface area (Å²) in [5.74, 6) is -2.82. The fourth-order valence-electron chi connectivity index (χ4n) is 4.14. The molecule has 5 amide bonds. The lowest BCUT2D eigenvalue weighted by Crippen LogP contribution is -2.54. The van der Waals surface area contributed by atoms with E-state index in [0.717, 1.165) is 11.1 Å². The van der Waals surface area contributed by atoms with E-state index in [2.05, 4.69) is 26.6 Å². The van der Waals surface area contributed by atoms with Gasteiger partial charge in [-0.1, -0.05) is 42.0 Å². The van der Waals surface area contributed by atoms with Crippen LogP contribution in [0.3, 0.4) is 0 Å². The van der Waals surface area contributed by atoms with Crippen LogP contribution in [0, 0.1) is 17.0 Å². The number of aryl methyl sites for hydroxylation is 1. The summed E-state index contributed by atoms with van der Waals surface area (Å²) in [4.78, 5) is 74.1. The molecule has 5 N–H and O–H groups in total. The minimum absolute atomic E-state index is 0.000893. The number of nitrogens with one attached hydrogen (secondary N) is 5. The Hall–Kier alpha value is -4.52. The third-order valence-electron chi connectivity index (χ3n) is 6.43. The van der Waals surface area contributed by atoms with Gasteiger partial charge in [-0.05, 0) is 45.2 Å². The van der Waals surface area contributed by atoms with Crippen molar-refractivity contribution < 1.29 is 28.9 Å². The molecule has 0 saturated carbocycles. The second-order valence-electron chi connectivity index (χ2n) is 11.6. The monoisotopic (exact) mass is 644 g/mol. The summed E-state index contributed by atoms with van der Waals surface area (Å²) in [5, 5.41) is 24.5. The first-order valence-corrected chi connectivity index (χ1v) is 15.0. The zero-order valence-corrected chi connectivity index (χ0v) is 26.7. The Morgan fingerprint density at radius 3 is 2.00 bits per heavy atom. The van der Waals surface area contributed by atoms with E-state index in [-0.39, 0.29) is 56.2 Å². The lowest BCUT2D eigenvalue weighted by atomic mass is 10.0. The van der Waals surface area contributed by atoms with Gasteiger partial charge < -0.3 is 26.6 Å². The summed E-state index contributed by atoms with van der Waals surface area (Å²) in [7, 11) is 0. The maximum Gasteiger partial charge on any atom is 0.269 e. The van der Waals surface area contributed by atoms with Crippen molar-refractivity contribution in [2.24, 2.45) is 0 Å². The minimum Gasteiger partial charge on any atom is -0.355 e. The quantitative estimate of drug-likeness (QED) is 0.105. The Morgan fingerprint density at radius 1 is 0.800 bits per heavy atom. The Bertz CT molecular complexity index is 1340. The molecule has 2 aromatic rings. The van der Waals surface area contributed by atoms with Crippen molar-refractivity contribution in [2.75, 3.05) is 12.4 Å². The number of halogens is 1. The lowest BCUT2D eigenvalue weighted by molar-refractivity contribution is -0.384. The number of benzene rings is 2. The minimum atomic E-state index is -1.18. The number of rotatable bonds is 16. The summed E-state index contributed by atoms with van der Waals surface area (Å²) in [5.41, 5.74) is 1.81. The van der Waals surface area contributed by atoms with Crippen molar-refractivity contribution in [1.82, 2.24) is 26.6 Å². The number of nitro groups is 1. The molecule has 2 aromatic carbocycles. The lowest BCUT2D eigenvalue weighted by Gasteiger charge is -2.24. The van der Waals surface area contributed by atoms with Crippen LogP contribution in [0.15, 0.2) is 48.5 Å². The number of nitro benzene ring substituents is 1. The van der Waals surface area contributed by atoms with E-state index in [1.54, 1.807) is 0 Å². The molecule has 0 fully saturated rings. The molecule has 0 spiro atoms. The highest BCUT2D eigenvalue weighted by Crippen LogP contribution is 2.14. The maximum atomic E-state index is 13.6. The fraction of sp³-hybridized carbons (Fsp3) is 0.452. The first-order valence-electron chi connectivity index (χ1n) is 14.5. The van der Waals surface area contributed by atoms with Crippen LogP contribution in [0.2, 0.25) is 0 Å². The number of alkyl halides is 1. The Kier molecular flexibility index (Phi) is 14.4. The molecular weight excluding hydrogens is 604 g/mol. The van der Waals surface area contributed by atoms with Crippen molar-refractivity contribution in [3.63, 3.8) is 0 Å². The van der Waals surface area contributed by atoms with Gasteiger partial charge in [0.05, 0.1) is 4.92 Å². The van der Waals surface area contributed by atoms with Gasteiger partial charge in [0.15, 0.2) is 0 Å². The van der Waals surface area contributed by atoms with Gasteiger partial charge in [0.1, 0.15) is 18.0 Å². The van der Waals surface area contributed by atoms with E-state index >= 15 is 0 Å². The summed E-state index contributed by atoms with van der Waals surface area (Å²) >= 11 is 5.46. The Balaban J connectivity index is 2.23. The molecule has 14 heteroatoms. The van der Waals surface area contributed by atoms with Gasteiger partial charge in [-0.3, -0.25) is 34.1 Å². The second-order valence-corrected chi connectivity index (χ2v) is 11.9. The summed E-state index contributed by atoms with van der Waals surface area (Å²) < 4.78 is 0. The molecule has 2 rings (SSSR count). The number of carbonyl (C=O) groups is 5. The Morgan fingerprint density at radius 2 is 1.42 bits per heavy atom. The summed E-state index contributed by atoms with van der Waals surface area (Å²) in [6.07, 6.45) is -0.309. The van der Waals surface area contributed by atoms with Gasteiger partial charge in [0.2, 0.25) is 29.5 Å². The van der Waals surface area contributed by atoms with E-state index in [4.69, 9.17) is 11.6 Å². The van der Waals surface area contributed by atoms with Crippen LogP contribution in [-0.4, -0.2) is 64.5 Å². The van der Waals surface area contributed by atoms with E-state index in [1.807, 2.05) is 52.0 Å². The molecule has 0 aliphatic heterocycles. The molecule has 0 unspecified atom stereocenters. The van der Waals surface area contributed by atoms with E-state index in [9.17, 15) is 34.1 Å². The third kappa shape index (κ3) is 14.2. The third-order valence-corrected chi connectivity index (χ3v) is 6.67. The second kappa shape index (κ2) is 17.7. The molecule has 0 radical (unpaired) electrons. The van der Waals surface area contributed by atoms with Crippen LogP contribution in [-0.2, 0) is 36.9 Å². The van der Waals surface area contributed by atoms with Crippen LogP contribution in [0.25, 0.3) is 0 Å². The van der Waals surface area contributed by atoms with Crippen LogP contribution in [0.4, 0.5) is 5.69 Å². The first-order chi connectivity index (χ1) is 21.2. The highest BCUT2D eigenvalue weighted by Gasteiger charge is 2.28. The molecule has 0 saturated heterocycles. The molecule has 0 aromatic heterocycles. The van der Waals surface area contributed by atoms with Crippen molar-refractivity contribution in [3.05, 3.63) is 75.3 Å². The number of amides is 5. The van der Waals surface area contributed by atoms with E-state index in [0.29, 0.717) is 5.56 Å². The van der Waals surface area contributed by atoms with Crippen LogP contribution < -0.4 is 26.6 Å². The van der Waals surface area contributed by atoms with Crippen LogP contribution in [0.1, 0.15) is 56.7 Å². The number of nitrogens with zero attached hydrogens (tertiary/aromatic N) is 1. The van der Waals surface area contributed by atoms with Gasteiger partial charge in [-0.2, -0.15) is 0 Å². The highest BCUT2D eigenvalue weighted by atomic mass is 35.5. The van der Waals surface area contributed by atoms with Crippen LogP contribution >= 0.6 is 11.6 Å². The molecule has 0 heterocycles. The largest absolute Gasteiger partial charge is 0.355 e. The topological polar surface area (TPSA) is 189 Å². The SMILES string of the molecule is Cc1ccc(CNC(=O)[C@H](Cc2ccc([N+](=O)[O-])cc2)NC(=O)[C@H](CCC(=O)NC(C)(C)C)NC(=O)CCNC(=O)CCl)cc1. The zero-order chi connectivity index (χ0) is 33.6. The zero-order valence-electron chi connectivity index (χ0n) is 25.9. The molecule has 13 nitrogen and oxygen atoms in total. The van der Waals surface area contributed by atoms with Gasteiger partial charge in [-0.25, -0.2) is 0 Å². The van der Waals surface area contributed by atoms with Crippen LogP contribution in [0.5, 0.6) is 0 Å². The number of hydrogen-bond donors (Lipinski definition) is 5. The van der Waals surface area contributed by atoms with E-state index in [1.165, 1.54) is 24.3 Å². The van der Waals surface area contributed by atoms with Gasteiger partial charge >= 0.3 is 0 Å². The summed E-state index contributed by atoms with van der Waals surface area (Å²) in [6.45, 7) is 7.54. The molecule has 0 bridgehead atoms. The van der Waals surface area contributed by atoms with Crippen molar-refractivity contribution in [3.8, 4) is 0 Å². The molecule has 2 atom stereocenters. The Labute approximate surface area is 267 Å². The van der Waals surface area contributed by atoms with Gasteiger partial charge in [0.25, 0.3) is 5.69 Å². The normalized spacial score (nSPS) is 12.3. The first kappa shape index (κ1) is 36.7. The number of carbonyl (C=O) groups excluding carboxylic acids is 5. The standard InChI is InChI=1S/C31H41ClN6O7/c1-20-5-7-22(8-6-20)19-34-29(42)25(17-21-9-11-23(12-10-21)38(44)45)36-30(43)24(13-14-27(40)37-31(2,3)4)35-26(39)15-16-33-28(41)18-32/h5-12,24-25H,13-19H2,1-4H3,(H,33,41)(H,34,42)(H,35,39)(H,36,43)(H,37,40)/t24-,25-/m0/s1. The van der Waals surface area contributed by atoms with Crippen molar-refractivity contribution >= 4 is 46.8 Å². The average Bonchev–Trinajstić information content (AvgIpc) is 2.97. The number of hydrogen-bond acceptors (Lipinski definition) is 7.